The summed E-state index contributed by atoms with van der Waals surface area (Å²) in [5.41, 5.74) is 2.64. The van der Waals surface area contributed by atoms with Crippen molar-refractivity contribution in [2.24, 2.45) is 0 Å². The third-order valence-corrected chi connectivity index (χ3v) is 5.54. The average Bonchev–Trinajstić information content (AvgIpc) is 3.03. The Labute approximate surface area is 167 Å². The number of nitrogens with zero attached hydrogens (tertiary/aromatic N) is 3. The number of fused-ring (bicyclic) bond motifs is 1. The highest BCUT2D eigenvalue weighted by Crippen LogP contribution is 2.28. The van der Waals surface area contributed by atoms with Gasteiger partial charge in [-0.05, 0) is 43.7 Å². The third-order valence-electron chi connectivity index (χ3n) is 4.45. The lowest BCUT2D eigenvalue weighted by molar-refractivity contribution is -0.120. The molecule has 0 aliphatic heterocycles. The average molecular weight is 396 g/mol. The van der Waals surface area contributed by atoms with Crippen LogP contribution >= 0.6 is 11.8 Å². The number of aromatic nitrogens is 2. The molecule has 1 N–H and O–H groups in total. The van der Waals surface area contributed by atoms with Crippen molar-refractivity contribution in [3.05, 3.63) is 59.9 Å². The number of hydrogen-bond acceptors (Lipinski definition) is 4. The number of nitrogens with one attached hydrogen (secondary N) is 1. The molecule has 1 amide bonds. The standard InChI is InChI=1S/C21H21FN4OS/c1-14(16-8-10-17(22)11-9-16)24-20(27)15(2)28-21-25-18-6-3-4-7-19(18)26(21)13-5-12-23/h3-4,6-11,14-15H,5,13H2,1-2H3,(H,24,27)/t14-,15-/m0/s1. The molecule has 3 rings (SSSR count). The third kappa shape index (κ3) is 4.52. The van der Waals surface area contributed by atoms with Gasteiger partial charge in [-0.25, -0.2) is 9.37 Å². The highest BCUT2D eigenvalue weighted by molar-refractivity contribution is 8.00. The van der Waals surface area contributed by atoms with Crippen LogP contribution < -0.4 is 5.32 Å². The second-order valence-electron chi connectivity index (χ2n) is 6.48. The van der Waals surface area contributed by atoms with Crippen LogP contribution in [0, 0.1) is 17.1 Å². The topological polar surface area (TPSA) is 70.7 Å². The Kier molecular flexibility index (Phi) is 6.32. The number of thioether (sulfide) groups is 1. The van der Waals surface area contributed by atoms with Gasteiger partial charge in [0.1, 0.15) is 5.82 Å². The van der Waals surface area contributed by atoms with Gasteiger partial charge >= 0.3 is 0 Å². The number of amides is 1. The van der Waals surface area contributed by atoms with E-state index < -0.39 is 0 Å². The Morgan fingerprint density at radius 2 is 1.96 bits per heavy atom. The predicted molar refractivity (Wildman–Crippen MR) is 108 cm³/mol. The number of aryl methyl sites for hydroxylation is 1. The molecule has 3 aromatic rings. The second kappa shape index (κ2) is 8.89. The molecule has 0 spiro atoms. The first-order valence-electron chi connectivity index (χ1n) is 9.04. The van der Waals surface area contributed by atoms with Crippen LogP contribution in [-0.2, 0) is 11.3 Å². The van der Waals surface area contributed by atoms with E-state index in [1.807, 2.05) is 42.7 Å². The van der Waals surface area contributed by atoms with E-state index in [1.54, 1.807) is 12.1 Å². The van der Waals surface area contributed by atoms with E-state index in [-0.39, 0.29) is 23.0 Å². The zero-order chi connectivity index (χ0) is 20.1. The summed E-state index contributed by atoms with van der Waals surface area (Å²) in [4.78, 5) is 17.3. The fraction of sp³-hybridized carbons (Fsp3) is 0.286. The van der Waals surface area contributed by atoms with Crippen LogP contribution in [-0.4, -0.2) is 20.7 Å². The maximum absolute atomic E-state index is 13.1. The summed E-state index contributed by atoms with van der Waals surface area (Å²) in [6, 6.07) is 15.8. The first-order chi connectivity index (χ1) is 13.5. The molecule has 1 heterocycles. The zero-order valence-electron chi connectivity index (χ0n) is 15.7. The van der Waals surface area contributed by atoms with Crippen molar-refractivity contribution in [3.63, 3.8) is 0 Å². The minimum Gasteiger partial charge on any atom is -0.349 e. The number of rotatable bonds is 7. The maximum atomic E-state index is 13.1. The molecule has 0 aliphatic carbocycles. The van der Waals surface area contributed by atoms with Crippen LogP contribution in [0.15, 0.2) is 53.7 Å². The van der Waals surface area contributed by atoms with Crippen LogP contribution in [0.1, 0.15) is 31.9 Å². The molecule has 0 aliphatic rings. The van der Waals surface area contributed by atoms with E-state index in [4.69, 9.17) is 5.26 Å². The summed E-state index contributed by atoms with van der Waals surface area (Å²) in [7, 11) is 0. The predicted octanol–water partition coefficient (Wildman–Crippen LogP) is 4.45. The lowest BCUT2D eigenvalue weighted by Gasteiger charge is -2.18. The normalized spacial score (nSPS) is 13.1. The number of halogens is 1. The number of nitriles is 1. The molecule has 1 aromatic heterocycles. The molecule has 144 valence electrons. The quantitative estimate of drug-likeness (QED) is 0.599. The fourth-order valence-electron chi connectivity index (χ4n) is 2.90. The van der Waals surface area contributed by atoms with Crippen LogP contribution in [0.5, 0.6) is 0 Å². The van der Waals surface area contributed by atoms with Gasteiger partial charge in [-0.2, -0.15) is 5.26 Å². The van der Waals surface area contributed by atoms with Gasteiger partial charge in [0.15, 0.2) is 5.16 Å². The Morgan fingerprint density at radius 3 is 2.68 bits per heavy atom. The maximum Gasteiger partial charge on any atom is 0.233 e. The summed E-state index contributed by atoms with van der Waals surface area (Å²) < 4.78 is 15.1. The Balaban J connectivity index is 1.73. The minimum atomic E-state index is -0.374. The summed E-state index contributed by atoms with van der Waals surface area (Å²) in [6.45, 7) is 4.22. The number of carbonyl (C=O) groups is 1. The number of hydrogen-bond donors (Lipinski definition) is 1. The molecule has 28 heavy (non-hydrogen) atoms. The zero-order valence-corrected chi connectivity index (χ0v) is 16.5. The van der Waals surface area contributed by atoms with Crippen molar-refractivity contribution >= 4 is 28.7 Å². The Bertz CT molecular complexity index is 1010. The van der Waals surface area contributed by atoms with Crippen molar-refractivity contribution in [1.82, 2.24) is 14.9 Å². The molecule has 0 bridgehead atoms. The van der Waals surface area contributed by atoms with Crippen molar-refractivity contribution in [2.45, 2.75) is 43.3 Å². The fourth-order valence-corrected chi connectivity index (χ4v) is 3.86. The number of para-hydroxylation sites is 2. The van der Waals surface area contributed by atoms with E-state index in [0.717, 1.165) is 16.6 Å². The molecule has 0 unspecified atom stereocenters. The highest BCUT2D eigenvalue weighted by Gasteiger charge is 2.21. The van der Waals surface area contributed by atoms with Crippen LogP contribution in [0.2, 0.25) is 0 Å². The van der Waals surface area contributed by atoms with Gasteiger partial charge in [0.05, 0.1) is 34.8 Å². The Hall–Kier alpha value is -2.85. The molecule has 0 fully saturated rings. The van der Waals surface area contributed by atoms with Gasteiger partial charge in [-0.15, -0.1) is 0 Å². The summed E-state index contributed by atoms with van der Waals surface area (Å²) in [6.07, 6.45) is 0.371. The molecule has 0 saturated heterocycles. The van der Waals surface area contributed by atoms with Gasteiger partial charge < -0.3 is 9.88 Å². The first-order valence-corrected chi connectivity index (χ1v) is 9.92. The minimum absolute atomic E-state index is 0.124. The lowest BCUT2D eigenvalue weighted by Crippen LogP contribution is -2.33. The van der Waals surface area contributed by atoms with Crippen LogP contribution in [0.3, 0.4) is 0 Å². The second-order valence-corrected chi connectivity index (χ2v) is 7.79. The van der Waals surface area contributed by atoms with Crippen LogP contribution in [0.25, 0.3) is 11.0 Å². The van der Waals surface area contributed by atoms with Gasteiger partial charge in [-0.3, -0.25) is 4.79 Å². The molecule has 5 nitrogen and oxygen atoms in total. The van der Waals surface area contributed by atoms with E-state index >= 15 is 0 Å². The molecular formula is C21H21FN4OS. The van der Waals surface area contributed by atoms with Crippen molar-refractivity contribution in [2.75, 3.05) is 0 Å². The van der Waals surface area contributed by atoms with E-state index in [1.165, 1.54) is 23.9 Å². The Morgan fingerprint density at radius 1 is 1.25 bits per heavy atom. The summed E-state index contributed by atoms with van der Waals surface area (Å²) in [5, 5.41) is 12.2. The van der Waals surface area contributed by atoms with Crippen LogP contribution in [0.4, 0.5) is 4.39 Å². The number of carbonyl (C=O) groups excluding carboxylic acids is 1. The number of imidazole rings is 1. The molecular weight excluding hydrogens is 375 g/mol. The summed E-state index contributed by atoms with van der Waals surface area (Å²) >= 11 is 1.36. The van der Waals surface area contributed by atoms with E-state index in [9.17, 15) is 9.18 Å². The van der Waals surface area contributed by atoms with Crippen molar-refractivity contribution in [3.8, 4) is 6.07 Å². The highest BCUT2D eigenvalue weighted by atomic mass is 32.2. The van der Waals surface area contributed by atoms with Crippen molar-refractivity contribution in [1.29, 1.82) is 5.26 Å². The smallest absolute Gasteiger partial charge is 0.233 e. The number of benzene rings is 2. The molecule has 7 heteroatoms. The molecule has 0 radical (unpaired) electrons. The van der Waals surface area contributed by atoms with Gasteiger partial charge in [0.2, 0.25) is 5.91 Å². The molecule has 0 saturated carbocycles. The molecule has 2 atom stereocenters. The summed E-state index contributed by atoms with van der Waals surface area (Å²) in [5.74, 6) is -0.428. The van der Waals surface area contributed by atoms with Gasteiger partial charge in [0.25, 0.3) is 0 Å². The van der Waals surface area contributed by atoms with Crippen molar-refractivity contribution < 1.29 is 9.18 Å². The monoisotopic (exact) mass is 396 g/mol. The van der Waals surface area contributed by atoms with E-state index in [2.05, 4.69) is 16.4 Å². The van der Waals surface area contributed by atoms with Gasteiger partial charge in [0, 0.05) is 6.54 Å². The largest absolute Gasteiger partial charge is 0.349 e. The first kappa shape index (κ1) is 19.9. The lowest BCUT2D eigenvalue weighted by atomic mass is 10.1. The van der Waals surface area contributed by atoms with Gasteiger partial charge in [-0.1, -0.05) is 36.0 Å². The SMILES string of the molecule is C[C@H](Sc1nc2ccccc2n1CCC#N)C(=O)N[C@@H](C)c1ccc(F)cc1. The molecule has 2 aromatic carbocycles. The van der Waals surface area contributed by atoms with E-state index in [0.29, 0.717) is 18.1 Å².